The molecule has 1 aromatic heterocycles. The predicted molar refractivity (Wildman–Crippen MR) is 90.5 cm³/mol. The van der Waals surface area contributed by atoms with Crippen LogP contribution in [0.1, 0.15) is 26.2 Å². The Morgan fingerprint density at radius 1 is 1.13 bits per heavy atom. The van der Waals surface area contributed by atoms with Crippen LogP contribution in [-0.4, -0.2) is 65.9 Å². The summed E-state index contributed by atoms with van der Waals surface area (Å²) in [6, 6.07) is 0. The number of piperidine rings is 1. The van der Waals surface area contributed by atoms with Crippen molar-refractivity contribution < 1.29 is 9.59 Å². The van der Waals surface area contributed by atoms with Crippen LogP contribution in [0.3, 0.4) is 0 Å². The van der Waals surface area contributed by atoms with Gasteiger partial charge in [0.2, 0.25) is 11.8 Å². The topological polar surface area (TPSA) is 56.8 Å². The first-order chi connectivity index (χ1) is 11.1. The molecule has 1 unspecified atom stereocenters. The molecular weight excluding hydrogens is 312 g/mol. The number of thiazole rings is 1. The molecular formula is C16H24N4O2S. The molecule has 1 aromatic rings. The average molecular weight is 336 g/mol. The molecule has 7 heteroatoms. The Morgan fingerprint density at radius 3 is 2.70 bits per heavy atom. The van der Waals surface area contributed by atoms with E-state index in [1.165, 1.54) is 0 Å². The van der Waals surface area contributed by atoms with Crippen molar-refractivity contribution in [2.75, 3.05) is 44.2 Å². The average Bonchev–Trinajstić information content (AvgIpc) is 2.99. The maximum absolute atomic E-state index is 12.8. The second-order valence-corrected chi connectivity index (χ2v) is 7.16. The van der Waals surface area contributed by atoms with Gasteiger partial charge in [0.05, 0.1) is 5.92 Å². The number of carbonyl (C=O) groups excluding carboxylic acids is 2. The van der Waals surface area contributed by atoms with Gasteiger partial charge in [0.25, 0.3) is 0 Å². The highest BCUT2D eigenvalue weighted by molar-refractivity contribution is 7.13. The fourth-order valence-electron chi connectivity index (χ4n) is 3.42. The molecule has 126 valence electrons. The quantitative estimate of drug-likeness (QED) is 0.820. The zero-order valence-corrected chi connectivity index (χ0v) is 14.4. The third-order valence-electron chi connectivity index (χ3n) is 4.71. The lowest BCUT2D eigenvalue weighted by atomic mass is 9.96. The summed E-state index contributed by atoms with van der Waals surface area (Å²) in [4.78, 5) is 34.8. The third kappa shape index (κ3) is 3.83. The summed E-state index contributed by atoms with van der Waals surface area (Å²) in [5, 5.41) is 3.03. The van der Waals surface area contributed by atoms with Gasteiger partial charge in [-0.3, -0.25) is 9.59 Å². The monoisotopic (exact) mass is 336 g/mol. The van der Waals surface area contributed by atoms with Crippen molar-refractivity contribution >= 4 is 28.3 Å². The summed E-state index contributed by atoms with van der Waals surface area (Å²) >= 11 is 1.65. The number of hydrogen-bond donors (Lipinski definition) is 0. The highest BCUT2D eigenvalue weighted by Gasteiger charge is 2.31. The highest BCUT2D eigenvalue weighted by atomic mass is 32.1. The Bertz CT molecular complexity index is 548. The Kier molecular flexibility index (Phi) is 5.15. The van der Waals surface area contributed by atoms with E-state index in [0.29, 0.717) is 6.54 Å². The summed E-state index contributed by atoms with van der Waals surface area (Å²) in [5.41, 5.74) is 0. The number of aromatic nitrogens is 1. The van der Waals surface area contributed by atoms with Gasteiger partial charge in [0.15, 0.2) is 5.13 Å². The summed E-state index contributed by atoms with van der Waals surface area (Å²) in [6.45, 7) is 6.29. The number of likely N-dealkylation sites (tertiary alicyclic amines) is 1. The van der Waals surface area contributed by atoms with E-state index >= 15 is 0 Å². The Balaban J connectivity index is 1.58. The molecule has 0 aromatic carbocycles. The largest absolute Gasteiger partial charge is 0.346 e. The molecule has 2 saturated heterocycles. The van der Waals surface area contributed by atoms with Crippen molar-refractivity contribution in [3.63, 3.8) is 0 Å². The van der Waals surface area contributed by atoms with Crippen LogP contribution in [0.25, 0.3) is 0 Å². The highest BCUT2D eigenvalue weighted by Crippen LogP contribution is 2.22. The lowest BCUT2D eigenvalue weighted by Gasteiger charge is -2.34. The van der Waals surface area contributed by atoms with Gasteiger partial charge < -0.3 is 14.7 Å². The summed E-state index contributed by atoms with van der Waals surface area (Å²) < 4.78 is 0. The van der Waals surface area contributed by atoms with Crippen molar-refractivity contribution in [2.24, 2.45) is 5.92 Å². The van der Waals surface area contributed by atoms with E-state index < -0.39 is 0 Å². The second-order valence-electron chi connectivity index (χ2n) is 6.28. The van der Waals surface area contributed by atoms with Crippen LogP contribution in [0, 0.1) is 5.92 Å². The Hall–Kier alpha value is -1.63. The fourth-order valence-corrected chi connectivity index (χ4v) is 4.12. The van der Waals surface area contributed by atoms with E-state index in [0.717, 1.165) is 57.1 Å². The minimum absolute atomic E-state index is 0.0286. The molecule has 6 nitrogen and oxygen atoms in total. The standard InChI is InChI=1S/C16H24N4O2S/c1-13(21)20-6-2-4-14(12-20)15(22)18-7-3-8-19(10-9-18)16-17-5-11-23-16/h5,11,14H,2-4,6-10,12H2,1H3. The molecule has 0 saturated carbocycles. The van der Waals surface area contributed by atoms with Gasteiger partial charge in [0, 0.05) is 57.8 Å². The molecule has 2 amide bonds. The molecule has 0 radical (unpaired) electrons. The summed E-state index contributed by atoms with van der Waals surface area (Å²) in [6.07, 6.45) is 4.62. The number of anilines is 1. The molecule has 2 fully saturated rings. The van der Waals surface area contributed by atoms with Crippen LogP contribution >= 0.6 is 11.3 Å². The van der Waals surface area contributed by atoms with E-state index in [-0.39, 0.29) is 17.7 Å². The van der Waals surface area contributed by atoms with Crippen molar-refractivity contribution in [1.82, 2.24) is 14.8 Å². The van der Waals surface area contributed by atoms with E-state index in [1.807, 2.05) is 21.4 Å². The first-order valence-electron chi connectivity index (χ1n) is 8.34. The first kappa shape index (κ1) is 16.2. The van der Waals surface area contributed by atoms with Crippen LogP contribution < -0.4 is 4.90 Å². The molecule has 3 rings (SSSR count). The van der Waals surface area contributed by atoms with Crippen LogP contribution in [0.2, 0.25) is 0 Å². The van der Waals surface area contributed by atoms with Gasteiger partial charge in [0.1, 0.15) is 0 Å². The van der Waals surface area contributed by atoms with Crippen LogP contribution in [-0.2, 0) is 9.59 Å². The van der Waals surface area contributed by atoms with Crippen LogP contribution in [0.5, 0.6) is 0 Å². The van der Waals surface area contributed by atoms with E-state index in [4.69, 9.17) is 0 Å². The SMILES string of the molecule is CC(=O)N1CCCC(C(=O)N2CCCN(c3nccs3)CC2)C1. The molecule has 1 atom stereocenters. The molecule has 3 heterocycles. The maximum Gasteiger partial charge on any atom is 0.227 e. The molecule has 2 aliphatic rings. The van der Waals surface area contributed by atoms with Gasteiger partial charge >= 0.3 is 0 Å². The van der Waals surface area contributed by atoms with Crippen LogP contribution in [0.15, 0.2) is 11.6 Å². The van der Waals surface area contributed by atoms with E-state index in [9.17, 15) is 9.59 Å². The van der Waals surface area contributed by atoms with Gasteiger partial charge in [-0.2, -0.15) is 0 Å². The lowest BCUT2D eigenvalue weighted by molar-refractivity contribution is -0.140. The van der Waals surface area contributed by atoms with E-state index in [2.05, 4.69) is 9.88 Å². The molecule has 23 heavy (non-hydrogen) atoms. The van der Waals surface area contributed by atoms with Crippen molar-refractivity contribution in [3.05, 3.63) is 11.6 Å². The summed E-state index contributed by atoms with van der Waals surface area (Å²) in [7, 11) is 0. The zero-order chi connectivity index (χ0) is 16.2. The van der Waals surface area contributed by atoms with Crippen molar-refractivity contribution in [2.45, 2.75) is 26.2 Å². The second kappa shape index (κ2) is 7.29. The Morgan fingerprint density at radius 2 is 1.96 bits per heavy atom. The molecule has 2 aliphatic heterocycles. The first-order valence-corrected chi connectivity index (χ1v) is 9.22. The van der Waals surface area contributed by atoms with E-state index in [1.54, 1.807) is 18.3 Å². The van der Waals surface area contributed by atoms with Gasteiger partial charge in [-0.1, -0.05) is 0 Å². The smallest absolute Gasteiger partial charge is 0.227 e. The number of amides is 2. The van der Waals surface area contributed by atoms with Crippen molar-refractivity contribution in [3.8, 4) is 0 Å². The number of carbonyl (C=O) groups is 2. The van der Waals surface area contributed by atoms with Gasteiger partial charge in [-0.25, -0.2) is 4.98 Å². The number of hydrogen-bond acceptors (Lipinski definition) is 5. The fraction of sp³-hybridized carbons (Fsp3) is 0.688. The summed E-state index contributed by atoms with van der Waals surface area (Å²) in [5.74, 6) is 0.268. The van der Waals surface area contributed by atoms with Gasteiger partial charge in [-0.15, -0.1) is 11.3 Å². The minimum Gasteiger partial charge on any atom is -0.346 e. The molecule has 0 bridgehead atoms. The number of nitrogens with zero attached hydrogens (tertiary/aromatic N) is 4. The lowest BCUT2D eigenvalue weighted by Crippen LogP contribution is -2.47. The third-order valence-corrected chi connectivity index (χ3v) is 5.55. The molecule has 0 aliphatic carbocycles. The Labute approximate surface area is 141 Å². The van der Waals surface area contributed by atoms with Gasteiger partial charge in [-0.05, 0) is 19.3 Å². The zero-order valence-electron chi connectivity index (χ0n) is 13.6. The predicted octanol–water partition coefficient (Wildman–Crippen LogP) is 1.44. The maximum atomic E-state index is 12.8. The molecule has 0 N–H and O–H groups in total. The molecule has 0 spiro atoms. The van der Waals surface area contributed by atoms with Crippen LogP contribution in [0.4, 0.5) is 5.13 Å². The normalized spacial score (nSPS) is 22.8. The number of rotatable bonds is 2. The minimum atomic E-state index is -0.0286. The van der Waals surface area contributed by atoms with Crippen molar-refractivity contribution in [1.29, 1.82) is 0 Å².